The van der Waals surface area contributed by atoms with Crippen molar-refractivity contribution < 1.29 is 24.0 Å². The van der Waals surface area contributed by atoms with E-state index in [0.29, 0.717) is 12.3 Å². The molecule has 38 heavy (non-hydrogen) atoms. The van der Waals surface area contributed by atoms with Gasteiger partial charge in [0.25, 0.3) is 0 Å². The van der Waals surface area contributed by atoms with Gasteiger partial charge in [0.15, 0.2) is 11.5 Å². The zero-order valence-electron chi connectivity index (χ0n) is 21.8. The van der Waals surface area contributed by atoms with Crippen LogP contribution in [0, 0.1) is 5.92 Å². The number of nitrogens with zero attached hydrogens (tertiary/aromatic N) is 1. The summed E-state index contributed by atoms with van der Waals surface area (Å²) in [7, 11) is -1.13. The van der Waals surface area contributed by atoms with Crippen LogP contribution in [0.1, 0.15) is 50.2 Å². The Balaban J connectivity index is 0.00000294. The van der Waals surface area contributed by atoms with E-state index in [1.54, 1.807) is 0 Å². The van der Waals surface area contributed by atoms with Gasteiger partial charge in [0.2, 0.25) is 6.79 Å². The summed E-state index contributed by atoms with van der Waals surface area (Å²) in [6.07, 6.45) is 5.66. The molecule has 2 aliphatic carbocycles. The molecule has 3 aromatic carbocycles. The third-order valence-electron chi connectivity index (χ3n) is 7.76. The second kappa shape index (κ2) is 11.0. The smallest absolute Gasteiger partial charge is 0.231 e. The normalized spacial score (nSPS) is 17.6. The predicted molar refractivity (Wildman–Crippen MR) is 149 cm³/mol. The lowest BCUT2D eigenvalue weighted by Gasteiger charge is -2.20. The van der Waals surface area contributed by atoms with Gasteiger partial charge in [-0.1, -0.05) is 49.4 Å². The van der Waals surface area contributed by atoms with Gasteiger partial charge in [-0.25, -0.2) is 8.51 Å². The van der Waals surface area contributed by atoms with Crippen molar-refractivity contribution in [3.63, 3.8) is 0 Å². The van der Waals surface area contributed by atoms with E-state index in [1.165, 1.54) is 12.8 Å². The molecule has 1 heterocycles. The number of rotatable bonds is 11. The maximum absolute atomic E-state index is 13.5. The molecule has 6 nitrogen and oxygen atoms in total. The second-order valence-corrected chi connectivity index (χ2v) is 12.0. The van der Waals surface area contributed by atoms with Crippen molar-refractivity contribution in [2.45, 2.75) is 55.8 Å². The zero-order chi connectivity index (χ0) is 25.4. The van der Waals surface area contributed by atoms with Crippen LogP contribution in [-0.2, 0) is 27.6 Å². The molecule has 6 rings (SSSR count). The number of hydrogen-bond acceptors (Lipinski definition) is 4. The van der Waals surface area contributed by atoms with Crippen molar-refractivity contribution in [3.8, 4) is 22.6 Å². The van der Waals surface area contributed by atoms with Crippen LogP contribution in [0.25, 0.3) is 11.1 Å². The first-order chi connectivity index (χ1) is 18.1. The van der Waals surface area contributed by atoms with Crippen LogP contribution in [-0.4, -0.2) is 39.7 Å². The number of fused-ring (bicyclic) bond motifs is 1. The van der Waals surface area contributed by atoms with Crippen LogP contribution in [0.4, 0.5) is 0 Å². The largest absolute Gasteiger partial charge is 0.454 e. The number of Topliss-reactive ketones (excluding diaryl/α,β-unsaturated/α-hetero) is 1. The molecule has 0 bridgehead atoms. The van der Waals surface area contributed by atoms with Gasteiger partial charge in [0, 0.05) is 19.5 Å². The lowest BCUT2D eigenvalue weighted by atomic mass is 9.87. The van der Waals surface area contributed by atoms with E-state index in [9.17, 15) is 9.00 Å². The fourth-order valence-corrected chi connectivity index (χ4v) is 6.62. The standard InChI is InChI=1S/C31H33NO4S.H2O/c1-2-16-32(20-22-6-7-22)37(34)27-11-8-24(9-12-27)25-5-3-4-23(17-25)18-30(33)31(14-15-31)26-10-13-28-29(19-26)36-21-35-28;/h3-5,8-13,17,19,22H,2,6-7,14-16,18,20-21H2,1H3;1H2. The average molecular weight is 534 g/mol. The molecular formula is C31H35NO5S. The van der Waals surface area contributed by atoms with Gasteiger partial charge >= 0.3 is 0 Å². The van der Waals surface area contributed by atoms with Crippen molar-refractivity contribution in [3.05, 3.63) is 77.9 Å². The van der Waals surface area contributed by atoms with E-state index in [1.807, 2.05) is 54.6 Å². The summed E-state index contributed by atoms with van der Waals surface area (Å²) in [6, 6.07) is 22.2. The van der Waals surface area contributed by atoms with E-state index in [2.05, 4.69) is 23.4 Å². The summed E-state index contributed by atoms with van der Waals surface area (Å²) in [6.45, 7) is 4.15. The fraction of sp³-hybridized carbons (Fsp3) is 0.387. The van der Waals surface area contributed by atoms with E-state index in [0.717, 1.165) is 71.0 Å². The summed E-state index contributed by atoms with van der Waals surface area (Å²) < 4.78 is 26.3. The Kier molecular flexibility index (Phi) is 7.70. The van der Waals surface area contributed by atoms with Gasteiger partial charge in [-0.3, -0.25) is 4.79 Å². The van der Waals surface area contributed by atoms with Crippen LogP contribution in [0.3, 0.4) is 0 Å². The van der Waals surface area contributed by atoms with Crippen LogP contribution in [0.2, 0.25) is 0 Å². The minimum Gasteiger partial charge on any atom is -0.454 e. The van der Waals surface area contributed by atoms with Crippen LogP contribution in [0.15, 0.2) is 71.6 Å². The summed E-state index contributed by atoms with van der Waals surface area (Å²) in [4.78, 5) is 14.3. The number of ketones is 1. The summed E-state index contributed by atoms with van der Waals surface area (Å²) in [5, 5.41) is 0. The molecule has 0 radical (unpaired) electrons. The first-order valence-corrected chi connectivity index (χ1v) is 14.5. The van der Waals surface area contributed by atoms with Crippen molar-refractivity contribution in [2.75, 3.05) is 19.9 Å². The van der Waals surface area contributed by atoms with Crippen molar-refractivity contribution >= 4 is 16.8 Å². The Morgan fingerprint density at radius 1 is 0.974 bits per heavy atom. The Labute approximate surface area is 226 Å². The summed E-state index contributed by atoms with van der Waals surface area (Å²) >= 11 is 0. The average Bonchev–Trinajstić information content (AvgIpc) is 3.86. The molecule has 1 aliphatic heterocycles. The minimum absolute atomic E-state index is 0. The Morgan fingerprint density at radius 2 is 1.74 bits per heavy atom. The summed E-state index contributed by atoms with van der Waals surface area (Å²) in [5.41, 5.74) is 3.77. The third kappa shape index (κ3) is 5.41. The minimum atomic E-state index is -1.13. The fourth-order valence-electron chi connectivity index (χ4n) is 5.26. The molecule has 7 heteroatoms. The van der Waals surface area contributed by atoms with Gasteiger partial charge < -0.3 is 14.9 Å². The van der Waals surface area contributed by atoms with E-state index in [4.69, 9.17) is 9.47 Å². The highest BCUT2D eigenvalue weighted by Gasteiger charge is 2.50. The first kappa shape index (κ1) is 26.6. The molecule has 0 saturated heterocycles. The second-order valence-electron chi connectivity index (χ2n) is 10.6. The highest BCUT2D eigenvalue weighted by atomic mass is 32.2. The molecule has 1 atom stereocenters. The molecule has 0 aromatic heterocycles. The maximum Gasteiger partial charge on any atom is 0.231 e. The van der Waals surface area contributed by atoms with E-state index < -0.39 is 16.4 Å². The lowest BCUT2D eigenvalue weighted by Crippen LogP contribution is -2.29. The predicted octanol–water partition coefficient (Wildman–Crippen LogP) is 5.25. The van der Waals surface area contributed by atoms with E-state index in [-0.39, 0.29) is 18.1 Å². The molecule has 2 N–H and O–H groups in total. The monoisotopic (exact) mass is 533 g/mol. The zero-order valence-corrected chi connectivity index (χ0v) is 22.6. The van der Waals surface area contributed by atoms with Gasteiger partial charge in [0.1, 0.15) is 16.8 Å². The molecular weight excluding hydrogens is 498 g/mol. The Bertz CT molecular complexity index is 1330. The Hall–Kier alpha value is -3.00. The molecule has 2 fully saturated rings. The Morgan fingerprint density at radius 3 is 2.45 bits per heavy atom. The molecule has 3 aromatic rings. The lowest BCUT2D eigenvalue weighted by molar-refractivity contribution is -0.120. The van der Waals surface area contributed by atoms with Crippen LogP contribution >= 0.6 is 0 Å². The maximum atomic E-state index is 13.5. The number of hydrogen-bond donors (Lipinski definition) is 0. The van der Waals surface area contributed by atoms with E-state index >= 15 is 0 Å². The highest BCUT2D eigenvalue weighted by Crippen LogP contribution is 2.51. The first-order valence-electron chi connectivity index (χ1n) is 13.4. The molecule has 1 unspecified atom stereocenters. The van der Waals surface area contributed by atoms with Gasteiger partial charge in [0.05, 0.1) is 10.3 Å². The van der Waals surface area contributed by atoms with Gasteiger partial charge in [-0.2, -0.15) is 0 Å². The molecule has 200 valence electrons. The molecule has 3 aliphatic rings. The van der Waals surface area contributed by atoms with Crippen molar-refractivity contribution in [2.24, 2.45) is 5.92 Å². The number of carbonyl (C=O) groups excluding carboxylic acids is 1. The van der Waals surface area contributed by atoms with Gasteiger partial charge in [-0.15, -0.1) is 0 Å². The summed E-state index contributed by atoms with van der Waals surface area (Å²) in [5.74, 6) is 2.44. The SMILES string of the molecule is CCCN(CC1CC1)S(=O)c1ccc(-c2cccc(CC(=O)C3(c4ccc5c(c4)OCO5)CC3)c2)cc1.O. The molecule has 0 amide bonds. The number of benzene rings is 3. The quantitative estimate of drug-likeness (QED) is 0.337. The number of carbonyl (C=O) groups is 1. The topological polar surface area (TPSA) is 87.3 Å². The molecule has 2 saturated carbocycles. The number of ether oxygens (including phenoxy) is 2. The third-order valence-corrected chi connectivity index (χ3v) is 9.23. The highest BCUT2D eigenvalue weighted by molar-refractivity contribution is 7.82. The van der Waals surface area contributed by atoms with Crippen molar-refractivity contribution in [1.29, 1.82) is 0 Å². The molecule has 0 spiro atoms. The van der Waals surface area contributed by atoms with Crippen LogP contribution < -0.4 is 9.47 Å². The van der Waals surface area contributed by atoms with Gasteiger partial charge in [-0.05, 0) is 84.5 Å². The van der Waals surface area contributed by atoms with Crippen molar-refractivity contribution in [1.82, 2.24) is 4.31 Å². The van der Waals surface area contributed by atoms with Crippen LogP contribution in [0.5, 0.6) is 11.5 Å².